The molecule has 3 aromatic rings. The van der Waals surface area contributed by atoms with E-state index in [2.05, 4.69) is 10.3 Å². The highest BCUT2D eigenvalue weighted by Gasteiger charge is 2.16. The summed E-state index contributed by atoms with van der Waals surface area (Å²) in [5.41, 5.74) is 2.20. The predicted molar refractivity (Wildman–Crippen MR) is 90.6 cm³/mol. The normalized spacial score (nSPS) is 12.0. The molecule has 0 saturated carbocycles. The Hall–Kier alpha value is -2.88. The van der Waals surface area contributed by atoms with Gasteiger partial charge in [0.2, 0.25) is 0 Å². The van der Waals surface area contributed by atoms with Crippen LogP contribution in [0.2, 0.25) is 0 Å². The summed E-state index contributed by atoms with van der Waals surface area (Å²) in [7, 11) is 0. The van der Waals surface area contributed by atoms with Crippen LogP contribution in [0, 0.1) is 0 Å². The number of ketones is 1. The molecule has 4 nitrogen and oxygen atoms in total. The molecule has 0 spiro atoms. The number of amides is 1. The number of hydrogen-bond donors (Lipinski definition) is 2. The highest BCUT2D eigenvalue weighted by atomic mass is 16.2. The molecule has 0 fully saturated rings. The van der Waals surface area contributed by atoms with Crippen LogP contribution in [0.5, 0.6) is 0 Å². The Kier molecular flexibility index (Phi) is 4.24. The highest BCUT2D eigenvalue weighted by molar-refractivity contribution is 6.06. The van der Waals surface area contributed by atoms with Gasteiger partial charge in [-0.05, 0) is 25.1 Å². The lowest BCUT2D eigenvalue weighted by molar-refractivity contribution is 0.0919. The Morgan fingerprint density at radius 1 is 1.04 bits per heavy atom. The van der Waals surface area contributed by atoms with Crippen LogP contribution in [0.4, 0.5) is 0 Å². The standard InChI is InChI=1S/C19H18N2O2/c1-13(12-18(22)14-6-3-2-4-7-14)21-19(23)16-8-5-9-17-15(16)10-11-20-17/h2-11,13,20H,12H2,1H3,(H,21,23). The zero-order chi connectivity index (χ0) is 16.2. The molecule has 23 heavy (non-hydrogen) atoms. The van der Waals surface area contributed by atoms with Gasteiger partial charge in [0.25, 0.3) is 5.91 Å². The van der Waals surface area contributed by atoms with Gasteiger partial charge in [-0.3, -0.25) is 9.59 Å². The maximum absolute atomic E-state index is 12.4. The summed E-state index contributed by atoms with van der Waals surface area (Å²) in [4.78, 5) is 27.7. The van der Waals surface area contributed by atoms with Crippen molar-refractivity contribution in [1.29, 1.82) is 0 Å². The third-order valence-corrected chi connectivity index (χ3v) is 3.80. The third kappa shape index (κ3) is 3.31. The summed E-state index contributed by atoms with van der Waals surface area (Å²) >= 11 is 0. The van der Waals surface area contributed by atoms with Crippen molar-refractivity contribution in [1.82, 2.24) is 10.3 Å². The summed E-state index contributed by atoms with van der Waals surface area (Å²) in [6.45, 7) is 1.84. The number of nitrogens with one attached hydrogen (secondary N) is 2. The lowest BCUT2D eigenvalue weighted by Crippen LogP contribution is -2.34. The minimum Gasteiger partial charge on any atom is -0.361 e. The van der Waals surface area contributed by atoms with E-state index < -0.39 is 0 Å². The number of rotatable bonds is 5. The van der Waals surface area contributed by atoms with Gasteiger partial charge in [0, 0.05) is 40.7 Å². The Balaban J connectivity index is 1.68. The van der Waals surface area contributed by atoms with Crippen molar-refractivity contribution in [3.05, 3.63) is 71.9 Å². The minimum atomic E-state index is -0.232. The fourth-order valence-corrected chi connectivity index (χ4v) is 2.66. The number of fused-ring (bicyclic) bond motifs is 1. The van der Waals surface area contributed by atoms with Crippen molar-refractivity contribution in [3.63, 3.8) is 0 Å². The second kappa shape index (κ2) is 6.48. The van der Waals surface area contributed by atoms with Crippen molar-refractivity contribution in [2.45, 2.75) is 19.4 Å². The molecule has 0 bridgehead atoms. The van der Waals surface area contributed by atoms with Crippen LogP contribution in [0.15, 0.2) is 60.8 Å². The molecular formula is C19H18N2O2. The molecule has 1 unspecified atom stereocenters. The van der Waals surface area contributed by atoms with E-state index in [4.69, 9.17) is 0 Å². The fourth-order valence-electron chi connectivity index (χ4n) is 2.66. The zero-order valence-electron chi connectivity index (χ0n) is 12.9. The molecule has 116 valence electrons. The van der Waals surface area contributed by atoms with E-state index in [1.165, 1.54) is 0 Å². The number of hydrogen-bond acceptors (Lipinski definition) is 2. The van der Waals surface area contributed by atoms with Crippen LogP contribution in [0.25, 0.3) is 10.9 Å². The lowest BCUT2D eigenvalue weighted by atomic mass is 10.0. The minimum absolute atomic E-state index is 0.0262. The maximum Gasteiger partial charge on any atom is 0.252 e. The summed E-state index contributed by atoms with van der Waals surface area (Å²) in [5, 5.41) is 3.79. The Labute approximate surface area is 134 Å². The van der Waals surface area contributed by atoms with Crippen LogP contribution < -0.4 is 5.32 Å². The summed E-state index contributed by atoms with van der Waals surface area (Å²) in [6.07, 6.45) is 2.09. The van der Waals surface area contributed by atoms with Crippen LogP contribution in [0.1, 0.15) is 34.1 Å². The second-order valence-corrected chi connectivity index (χ2v) is 5.61. The molecule has 1 atom stereocenters. The SMILES string of the molecule is CC(CC(=O)c1ccccc1)NC(=O)c1cccc2[nH]ccc12. The lowest BCUT2D eigenvalue weighted by Gasteiger charge is -2.14. The van der Waals surface area contributed by atoms with Crippen molar-refractivity contribution in [2.75, 3.05) is 0 Å². The quantitative estimate of drug-likeness (QED) is 0.708. The Morgan fingerprint density at radius 3 is 2.61 bits per heavy atom. The molecule has 0 radical (unpaired) electrons. The van der Waals surface area contributed by atoms with E-state index >= 15 is 0 Å². The van der Waals surface area contributed by atoms with Crippen molar-refractivity contribution < 1.29 is 9.59 Å². The second-order valence-electron chi connectivity index (χ2n) is 5.61. The van der Waals surface area contributed by atoms with Crippen molar-refractivity contribution in [3.8, 4) is 0 Å². The largest absolute Gasteiger partial charge is 0.361 e. The van der Waals surface area contributed by atoms with Crippen molar-refractivity contribution >= 4 is 22.6 Å². The number of carbonyl (C=O) groups excluding carboxylic acids is 2. The molecule has 3 rings (SSSR count). The van der Waals surface area contributed by atoms with Gasteiger partial charge in [0.15, 0.2) is 5.78 Å². The summed E-state index contributed by atoms with van der Waals surface area (Å²) in [5.74, 6) is -0.137. The van der Waals surface area contributed by atoms with Gasteiger partial charge in [-0.25, -0.2) is 0 Å². The number of H-pyrrole nitrogens is 1. The van der Waals surface area contributed by atoms with Crippen molar-refractivity contribution in [2.24, 2.45) is 0 Å². The maximum atomic E-state index is 12.4. The molecular weight excluding hydrogens is 288 g/mol. The van der Waals surface area contributed by atoms with Gasteiger partial charge in [-0.1, -0.05) is 36.4 Å². The average molecular weight is 306 g/mol. The third-order valence-electron chi connectivity index (χ3n) is 3.80. The Morgan fingerprint density at radius 2 is 1.83 bits per heavy atom. The molecule has 0 aliphatic rings. The number of benzene rings is 2. The van der Waals surface area contributed by atoms with Gasteiger partial charge in [0.1, 0.15) is 0 Å². The predicted octanol–water partition coefficient (Wildman–Crippen LogP) is 3.56. The molecule has 2 aromatic carbocycles. The van der Waals surface area contributed by atoms with Gasteiger partial charge >= 0.3 is 0 Å². The monoisotopic (exact) mass is 306 g/mol. The molecule has 0 aliphatic carbocycles. The van der Waals surface area contributed by atoms with E-state index in [1.54, 1.807) is 18.2 Å². The smallest absolute Gasteiger partial charge is 0.252 e. The first-order valence-electron chi connectivity index (χ1n) is 7.60. The van der Waals surface area contributed by atoms with E-state index in [1.807, 2.05) is 49.5 Å². The molecule has 0 saturated heterocycles. The molecule has 0 aliphatic heterocycles. The molecule has 1 amide bonds. The topological polar surface area (TPSA) is 62.0 Å². The van der Waals surface area contributed by atoms with E-state index in [0.717, 1.165) is 10.9 Å². The number of Topliss-reactive ketones (excluding diaryl/α,β-unsaturated/α-hetero) is 1. The van der Waals surface area contributed by atoms with E-state index in [0.29, 0.717) is 11.1 Å². The average Bonchev–Trinajstić information content (AvgIpc) is 3.03. The highest BCUT2D eigenvalue weighted by Crippen LogP contribution is 2.17. The van der Waals surface area contributed by atoms with Crippen LogP contribution >= 0.6 is 0 Å². The fraction of sp³-hybridized carbons (Fsp3) is 0.158. The van der Waals surface area contributed by atoms with Gasteiger partial charge < -0.3 is 10.3 Å². The summed E-state index contributed by atoms with van der Waals surface area (Å²) < 4.78 is 0. The zero-order valence-corrected chi connectivity index (χ0v) is 12.9. The van der Waals surface area contributed by atoms with Crippen LogP contribution in [-0.2, 0) is 0 Å². The van der Waals surface area contributed by atoms with E-state index in [9.17, 15) is 9.59 Å². The number of aromatic amines is 1. The van der Waals surface area contributed by atoms with Gasteiger partial charge in [-0.15, -0.1) is 0 Å². The van der Waals surface area contributed by atoms with Gasteiger partial charge in [0.05, 0.1) is 0 Å². The molecule has 1 aromatic heterocycles. The molecule has 1 heterocycles. The number of aromatic nitrogens is 1. The van der Waals surface area contributed by atoms with E-state index in [-0.39, 0.29) is 24.2 Å². The summed E-state index contributed by atoms with van der Waals surface area (Å²) in [6, 6.07) is 16.3. The first-order chi connectivity index (χ1) is 11.1. The van der Waals surface area contributed by atoms with Crippen LogP contribution in [0.3, 0.4) is 0 Å². The molecule has 2 N–H and O–H groups in total. The molecule has 4 heteroatoms. The number of carbonyl (C=O) groups is 2. The first-order valence-corrected chi connectivity index (χ1v) is 7.60. The first kappa shape index (κ1) is 15.0. The Bertz CT molecular complexity index is 837. The van der Waals surface area contributed by atoms with Gasteiger partial charge in [-0.2, -0.15) is 0 Å². The van der Waals surface area contributed by atoms with Crippen LogP contribution in [-0.4, -0.2) is 22.7 Å².